The first-order valence-electron chi connectivity index (χ1n) is 5.42. The number of carbonyl (C=O) groups is 1. The van der Waals surface area contributed by atoms with Crippen molar-refractivity contribution in [2.45, 2.75) is 12.5 Å². The topological polar surface area (TPSA) is 64.5 Å². The van der Waals surface area contributed by atoms with Gasteiger partial charge in [-0.1, -0.05) is 0 Å². The number of nitrogens with zero attached hydrogens (tertiary/aromatic N) is 3. The maximum absolute atomic E-state index is 11.2. The first-order valence-corrected chi connectivity index (χ1v) is 5.42. The average molecular weight is 237 g/mol. The molecule has 1 aliphatic rings. The molecule has 0 saturated carbocycles. The summed E-state index contributed by atoms with van der Waals surface area (Å²) >= 11 is 0. The molecule has 1 aromatic heterocycles. The van der Waals surface area contributed by atoms with Crippen molar-refractivity contribution >= 4 is 11.8 Å². The van der Waals surface area contributed by atoms with Gasteiger partial charge in [-0.2, -0.15) is 0 Å². The predicted molar refractivity (Wildman–Crippen MR) is 61.0 cm³/mol. The van der Waals surface area contributed by atoms with Crippen molar-refractivity contribution in [2.24, 2.45) is 0 Å². The second-order valence-electron chi connectivity index (χ2n) is 3.84. The Hall–Kier alpha value is -1.69. The van der Waals surface area contributed by atoms with Crippen LogP contribution in [0.2, 0.25) is 0 Å². The average Bonchev–Trinajstić information content (AvgIpc) is 2.87. The van der Waals surface area contributed by atoms with E-state index in [1.807, 2.05) is 0 Å². The van der Waals surface area contributed by atoms with Crippen LogP contribution in [0.4, 0.5) is 5.82 Å². The highest BCUT2D eigenvalue weighted by atomic mass is 16.5. The zero-order chi connectivity index (χ0) is 12.3. The summed E-state index contributed by atoms with van der Waals surface area (Å²) < 4.78 is 9.84. The molecular formula is C11H15N3O3. The maximum atomic E-state index is 11.2. The number of hydrogen-bond donors (Lipinski definition) is 0. The van der Waals surface area contributed by atoms with Crippen LogP contribution in [0.1, 0.15) is 16.9 Å². The smallest absolute Gasteiger partial charge is 0.358 e. The molecule has 0 amide bonds. The minimum absolute atomic E-state index is 0.221. The van der Waals surface area contributed by atoms with E-state index in [9.17, 15) is 4.79 Å². The summed E-state index contributed by atoms with van der Waals surface area (Å²) in [4.78, 5) is 21.5. The summed E-state index contributed by atoms with van der Waals surface area (Å²) in [7, 11) is 3.03. The van der Waals surface area contributed by atoms with E-state index >= 15 is 0 Å². The van der Waals surface area contributed by atoms with Gasteiger partial charge in [-0.15, -0.1) is 0 Å². The highest BCUT2D eigenvalue weighted by molar-refractivity contribution is 5.86. The van der Waals surface area contributed by atoms with E-state index in [2.05, 4.69) is 19.6 Å². The van der Waals surface area contributed by atoms with Gasteiger partial charge in [0, 0.05) is 20.2 Å². The van der Waals surface area contributed by atoms with Gasteiger partial charge in [-0.05, 0) is 6.42 Å². The molecule has 1 fully saturated rings. The summed E-state index contributed by atoms with van der Waals surface area (Å²) in [6, 6.07) is 0. The Balaban J connectivity index is 2.06. The molecule has 0 spiro atoms. The molecular weight excluding hydrogens is 222 g/mol. The first-order chi connectivity index (χ1) is 8.24. The Morgan fingerprint density at radius 1 is 1.41 bits per heavy atom. The third-order valence-corrected chi connectivity index (χ3v) is 2.84. The molecule has 1 aliphatic heterocycles. The van der Waals surface area contributed by atoms with Gasteiger partial charge in [0.05, 0.1) is 25.6 Å². The van der Waals surface area contributed by atoms with Gasteiger partial charge in [0.15, 0.2) is 5.69 Å². The van der Waals surface area contributed by atoms with Crippen molar-refractivity contribution < 1.29 is 14.3 Å². The van der Waals surface area contributed by atoms with E-state index < -0.39 is 5.97 Å². The second-order valence-corrected chi connectivity index (χ2v) is 3.84. The number of carbonyl (C=O) groups excluding carboxylic acids is 1. The molecule has 1 unspecified atom stereocenters. The van der Waals surface area contributed by atoms with Crippen molar-refractivity contribution in [3.05, 3.63) is 18.1 Å². The van der Waals surface area contributed by atoms with E-state index in [-0.39, 0.29) is 11.8 Å². The van der Waals surface area contributed by atoms with Gasteiger partial charge in [0.25, 0.3) is 0 Å². The Labute approximate surface area is 99.6 Å². The number of esters is 1. The molecule has 0 aromatic carbocycles. The largest absolute Gasteiger partial charge is 0.464 e. The van der Waals surface area contributed by atoms with Crippen molar-refractivity contribution in [2.75, 3.05) is 32.2 Å². The van der Waals surface area contributed by atoms with Crippen molar-refractivity contribution in [3.63, 3.8) is 0 Å². The van der Waals surface area contributed by atoms with Gasteiger partial charge < -0.3 is 14.4 Å². The molecule has 17 heavy (non-hydrogen) atoms. The summed E-state index contributed by atoms with van der Waals surface area (Å²) in [6.45, 7) is 1.70. The quantitative estimate of drug-likeness (QED) is 0.713. The van der Waals surface area contributed by atoms with Crippen LogP contribution in [-0.4, -0.2) is 49.4 Å². The van der Waals surface area contributed by atoms with E-state index in [1.54, 1.807) is 13.3 Å². The maximum Gasteiger partial charge on any atom is 0.358 e. The van der Waals surface area contributed by atoms with Gasteiger partial charge in [-0.25, -0.2) is 14.8 Å². The fourth-order valence-corrected chi connectivity index (χ4v) is 1.82. The van der Waals surface area contributed by atoms with Crippen LogP contribution in [-0.2, 0) is 9.47 Å². The summed E-state index contributed by atoms with van der Waals surface area (Å²) in [5, 5.41) is 0. The minimum atomic E-state index is -0.472. The molecule has 0 N–H and O–H groups in total. The van der Waals surface area contributed by atoms with Gasteiger partial charge in [0.1, 0.15) is 5.82 Å². The lowest BCUT2D eigenvalue weighted by Gasteiger charge is -2.16. The lowest BCUT2D eigenvalue weighted by atomic mass is 10.3. The number of ether oxygens (including phenoxy) is 2. The Kier molecular flexibility index (Phi) is 3.53. The third kappa shape index (κ3) is 2.52. The van der Waals surface area contributed by atoms with Gasteiger partial charge in [-0.3, -0.25) is 0 Å². The van der Waals surface area contributed by atoms with Crippen molar-refractivity contribution in [1.29, 1.82) is 0 Å². The van der Waals surface area contributed by atoms with Gasteiger partial charge in [0.2, 0.25) is 0 Å². The second kappa shape index (κ2) is 5.09. The SMILES string of the molecule is COC(=O)c1cnc(N2CCC(OC)C2)cn1. The van der Waals surface area contributed by atoms with Crippen LogP contribution in [0.15, 0.2) is 12.4 Å². The standard InChI is InChI=1S/C11H15N3O3/c1-16-8-3-4-14(7-8)10-6-12-9(5-13-10)11(15)17-2/h5-6,8H,3-4,7H2,1-2H3. The van der Waals surface area contributed by atoms with Crippen LogP contribution in [0, 0.1) is 0 Å². The van der Waals surface area contributed by atoms with E-state index in [0.29, 0.717) is 0 Å². The molecule has 1 aromatic rings. The molecule has 6 nitrogen and oxygen atoms in total. The normalized spacial score (nSPS) is 19.4. The zero-order valence-corrected chi connectivity index (χ0v) is 9.92. The first kappa shape index (κ1) is 11.8. The number of aromatic nitrogens is 2. The summed E-state index contributed by atoms with van der Waals surface area (Å²) in [6.07, 6.45) is 4.25. The fourth-order valence-electron chi connectivity index (χ4n) is 1.82. The fraction of sp³-hybridized carbons (Fsp3) is 0.545. The number of methoxy groups -OCH3 is 2. The van der Waals surface area contributed by atoms with Crippen LogP contribution in [0.5, 0.6) is 0 Å². The van der Waals surface area contributed by atoms with Crippen LogP contribution in [0.3, 0.4) is 0 Å². The van der Waals surface area contributed by atoms with Crippen LogP contribution < -0.4 is 4.90 Å². The molecule has 1 saturated heterocycles. The molecule has 0 radical (unpaired) electrons. The molecule has 0 aliphatic carbocycles. The summed E-state index contributed by atoms with van der Waals surface area (Å²) in [5.41, 5.74) is 0.221. The van der Waals surface area contributed by atoms with E-state index in [4.69, 9.17) is 4.74 Å². The Morgan fingerprint density at radius 3 is 2.76 bits per heavy atom. The van der Waals surface area contributed by atoms with Crippen molar-refractivity contribution in [3.8, 4) is 0 Å². The number of hydrogen-bond acceptors (Lipinski definition) is 6. The molecule has 6 heteroatoms. The Bertz CT molecular complexity index is 393. The minimum Gasteiger partial charge on any atom is -0.464 e. The van der Waals surface area contributed by atoms with Crippen LogP contribution in [0.25, 0.3) is 0 Å². The van der Waals surface area contributed by atoms with Crippen LogP contribution >= 0.6 is 0 Å². The molecule has 2 heterocycles. The van der Waals surface area contributed by atoms with Gasteiger partial charge >= 0.3 is 5.97 Å². The third-order valence-electron chi connectivity index (χ3n) is 2.84. The van der Waals surface area contributed by atoms with Crippen molar-refractivity contribution in [1.82, 2.24) is 9.97 Å². The summed E-state index contributed by atoms with van der Waals surface area (Å²) in [5.74, 6) is 0.289. The number of rotatable bonds is 3. The predicted octanol–water partition coefficient (Wildman–Crippen LogP) is 0.488. The van der Waals surface area contributed by atoms with E-state index in [0.717, 1.165) is 25.3 Å². The highest BCUT2D eigenvalue weighted by Crippen LogP contribution is 2.18. The molecule has 2 rings (SSSR count). The lowest BCUT2D eigenvalue weighted by molar-refractivity contribution is 0.0593. The molecule has 1 atom stereocenters. The van der Waals surface area contributed by atoms with E-state index in [1.165, 1.54) is 13.3 Å². The number of anilines is 1. The zero-order valence-electron chi connectivity index (χ0n) is 9.92. The molecule has 0 bridgehead atoms. The Morgan fingerprint density at radius 2 is 2.24 bits per heavy atom. The molecule has 92 valence electrons. The highest BCUT2D eigenvalue weighted by Gasteiger charge is 2.23. The monoisotopic (exact) mass is 237 g/mol. The lowest BCUT2D eigenvalue weighted by Crippen LogP contribution is -2.23.